The number of guanidine groups is 1. The van der Waals surface area contributed by atoms with Crippen LogP contribution in [0.5, 0.6) is 0 Å². The van der Waals surface area contributed by atoms with Crippen LogP contribution in [0.1, 0.15) is 35.5 Å². The summed E-state index contributed by atoms with van der Waals surface area (Å²) in [6.45, 7) is 8.19. The van der Waals surface area contributed by atoms with Crippen molar-refractivity contribution in [3.05, 3.63) is 38.5 Å². The topological polar surface area (TPSA) is 49.3 Å². The van der Waals surface area contributed by atoms with E-state index < -0.39 is 0 Å². The molecule has 4 nitrogen and oxygen atoms in total. The monoisotopic (exact) mass is 464 g/mol. The first-order valence-electron chi connectivity index (χ1n) is 7.47. The van der Waals surface area contributed by atoms with Gasteiger partial charge in [0, 0.05) is 35.0 Å². The van der Waals surface area contributed by atoms with Crippen LogP contribution in [-0.4, -0.2) is 24.5 Å². The number of hydrogen-bond acceptors (Lipinski definition) is 4. The second kappa shape index (κ2) is 9.58. The number of thiophene rings is 1. The van der Waals surface area contributed by atoms with Gasteiger partial charge in [-0.15, -0.1) is 46.7 Å². The van der Waals surface area contributed by atoms with Crippen LogP contribution in [0.15, 0.2) is 28.7 Å². The number of aliphatic imine (C=N–C) groups is 1. The van der Waals surface area contributed by atoms with Crippen molar-refractivity contribution in [2.75, 3.05) is 13.6 Å². The van der Waals surface area contributed by atoms with Crippen molar-refractivity contribution in [1.29, 1.82) is 0 Å². The molecule has 2 aromatic rings. The predicted octanol–water partition coefficient (Wildman–Crippen LogP) is 4.03. The Hall–Kier alpha value is -0.670. The number of thiazole rings is 1. The molecule has 0 bridgehead atoms. The van der Waals surface area contributed by atoms with E-state index in [2.05, 4.69) is 58.9 Å². The number of nitrogens with zero attached hydrogens (tertiary/aromatic N) is 2. The van der Waals surface area contributed by atoms with Gasteiger partial charge in [-0.1, -0.05) is 26.8 Å². The SMILES string of the molecule is CCc1cnc(CNC(=NC)NCC(C)(C)c2cccs2)s1.I. The molecule has 0 saturated heterocycles. The number of halogens is 1. The highest BCUT2D eigenvalue weighted by Crippen LogP contribution is 2.26. The summed E-state index contributed by atoms with van der Waals surface area (Å²) < 4.78 is 0. The number of hydrogen-bond donors (Lipinski definition) is 2. The third kappa shape index (κ3) is 6.04. The average molecular weight is 464 g/mol. The zero-order chi connectivity index (χ0) is 16.0. The quantitative estimate of drug-likeness (QED) is 0.386. The summed E-state index contributed by atoms with van der Waals surface area (Å²) in [5.41, 5.74) is 0.0857. The Kier molecular flexibility index (Phi) is 8.49. The maximum absolute atomic E-state index is 4.42. The maximum atomic E-state index is 4.42. The molecule has 0 aromatic carbocycles. The van der Waals surface area contributed by atoms with Crippen molar-refractivity contribution < 1.29 is 0 Å². The molecular formula is C16H25IN4S2. The van der Waals surface area contributed by atoms with Gasteiger partial charge in [0.15, 0.2) is 5.96 Å². The zero-order valence-corrected chi connectivity index (χ0v) is 18.0. The molecule has 0 fully saturated rings. The van der Waals surface area contributed by atoms with Crippen LogP contribution in [0, 0.1) is 0 Å². The molecule has 2 rings (SSSR count). The Morgan fingerprint density at radius 2 is 2.13 bits per heavy atom. The zero-order valence-electron chi connectivity index (χ0n) is 14.0. The van der Waals surface area contributed by atoms with Crippen molar-refractivity contribution in [2.24, 2.45) is 4.99 Å². The summed E-state index contributed by atoms with van der Waals surface area (Å²) in [5, 5.41) is 9.96. The van der Waals surface area contributed by atoms with Crippen LogP contribution in [-0.2, 0) is 18.4 Å². The highest BCUT2D eigenvalue weighted by molar-refractivity contribution is 14.0. The highest BCUT2D eigenvalue weighted by atomic mass is 127. The van der Waals surface area contributed by atoms with Crippen LogP contribution in [0.25, 0.3) is 0 Å². The van der Waals surface area contributed by atoms with Crippen molar-refractivity contribution in [3.8, 4) is 0 Å². The Balaban J connectivity index is 0.00000264. The first kappa shape index (κ1) is 20.4. The second-order valence-corrected chi connectivity index (χ2v) is 7.86. The van der Waals surface area contributed by atoms with E-state index in [0.29, 0.717) is 6.54 Å². The highest BCUT2D eigenvalue weighted by Gasteiger charge is 2.21. The smallest absolute Gasteiger partial charge is 0.191 e. The first-order chi connectivity index (χ1) is 10.5. The van der Waals surface area contributed by atoms with E-state index in [1.807, 2.05) is 6.20 Å². The molecule has 0 amide bonds. The lowest BCUT2D eigenvalue weighted by molar-refractivity contribution is 0.518. The maximum Gasteiger partial charge on any atom is 0.191 e. The summed E-state index contributed by atoms with van der Waals surface area (Å²) in [6, 6.07) is 4.28. The van der Waals surface area contributed by atoms with E-state index in [-0.39, 0.29) is 29.4 Å². The van der Waals surface area contributed by atoms with Gasteiger partial charge in [0.25, 0.3) is 0 Å². The van der Waals surface area contributed by atoms with Crippen molar-refractivity contribution in [2.45, 2.75) is 39.2 Å². The van der Waals surface area contributed by atoms with Gasteiger partial charge >= 0.3 is 0 Å². The summed E-state index contributed by atoms with van der Waals surface area (Å²) in [6.07, 6.45) is 3.00. The molecule has 0 aliphatic heterocycles. The number of aromatic nitrogens is 1. The van der Waals surface area contributed by atoms with E-state index in [9.17, 15) is 0 Å². The summed E-state index contributed by atoms with van der Waals surface area (Å²) in [7, 11) is 1.80. The average Bonchev–Trinajstić information content (AvgIpc) is 3.19. The van der Waals surface area contributed by atoms with Crippen molar-refractivity contribution >= 4 is 52.6 Å². The minimum absolute atomic E-state index is 0. The molecule has 7 heteroatoms. The molecule has 0 spiro atoms. The van der Waals surface area contributed by atoms with E-state index in [1.165, 1.54) is 9.75 Å². The van der Waals surface area contributed by atoms with Gasteiger partial charge in [-0.2, -0.15) is 0 Å². The van der Waals surface area contributed by atoms with Crippen LogP contribution < -0.4 is 10.6 Å². The fourth-order valence-corrected chi connectivity index (χ4v) is 3.68. The van der Waals surface area contributed by atoms with Gasteiger partial charge < -0.3 is 10.6 Å². The van der Waals surface area contributed by atoms with Gasteiger partial charge in [0.05, 0.1) is 6.54 Å². The second-order valence-electron chi connectivity index (χ2n) is 5.71. The first-order valence-corrected chi connectivity index (χ1v) is 9.17. The number of aryl methyl sites for hydroxylation is 1. The lowest BCUT2D eigenvalue weighted by atomic mass is 9.91. The Labute approximate surface area is 163 Å². The Morgan fingerprint density at radius 1 is 1.35 bits per heavy atom. The van der Waals surface area contributed by atoms with Crippen LogP contribution in [0.4, 0.5) is 0 Å². The Morgan fingerprint density at radius 3 is 2.70 bits per heavy atom. The molecule has 0 saturated carbocycles. The molecule has 2 aromatic heterocycles. The normalized spacial score (nSPS) is 11.9. The van der Waals surface area contributed by atoms with Gasteiger partial charge in [-0.25, -0.2) is 4.98 Å². The fourth-order valence-electron chi connectivity index (χ4n) is 2.03. The molecular weight excluding hydrogens is 439 g/mol. The molecule has 0 atom stereocenters. The van der Waals surface area contributed by atoms with E-state index in [0.717, 1.165) is 23.9 Å². The third-order valence-corrected chi connectivity index (χ3v) is 5.84. The minimum Gasteiger partial charge on any atom is -0.356 e. The summed E-state index contributed by atoms with van der Waals surface area (Å²) in [5.74, 6) is 0.817. The lowest BCUT2D eigenvalue weighted by Crippen LogP contribution is -2.42. The van der Waals surface area contributed by atoms with Crippen LogP contribution >= 0.6 is 46.7 Å². The molecule has 0 aliphatic carbocycles. The molecule has 128 valence electrons. The van der Waals surface area contributed by atoms with Crippen LogP contribution in [0.3, 0.4) is 0 Å². The van der Waals surface area contributed by atoms with E-state index in [1.54, 1.807) is 29.7 Å². The van der Waals surface area contributed by atoms with Crippen molar-refractivity contribution in [3.63, 3.8) is 0 Å². The van der Waals surface area contributed by atoms with E-state index >= 15 is 0 Å². The predicted molar refractivity (Wildman–Crippen MR) is 112 cm³/mol. The van der Waals surface area contributed by atoms with Crippen molar-refractivity contribution in [1.82, 2.24) is 15.6 Å². The van der Waals surface area contributed by atoms with Gasteiger partial charge in [0.1, 0.15) is 5.01 Å². The molecule has 23 heavy (non-hydrogen) atoms. The number of rotatable bonds is 6. The lowest BCUT2D eigenvalue weighted by Gasteiger charge is -2.24. The van der Waals surface area contributed by atoms with E-state index in [4.69, 9.17) is 0 Å². The standard InChI is InChI=1S/C16H24N4S2.HI/c1-5-12-9-18-14(22-12)10-19-15(17-4)20-11-16(2,3)13-7-6-8-21-13;/h6-9H,5,10-11H2,1-4H3,(H2,17,19,20);1H. The molecule has 2 heterocycles. The summed E-state index contributed by atoms with van der Waals surface area (Å²) in [4.78, 5) is 11.4. The number of nitrogens with one attached hydrogen (secondary N) is 2. The minimum atomic E-state index is 0. The largest absolute Gasteiger partial charge is 0.356 e. The molecule has 0 radical (unpaired) electrons. The van der Waals surface area contributed by atoms with Crippen LogP contribution in [0.2, 0.25) is 0 Å². The molecule has 0 aliphatic rings. The van der Waals surface area contributed by atoms with Gasteiger partial charge in [-0.05, 0) is 17.9 Å². The third-order valence-electron chi connectivity index (χ3n) is 3.47. The molecule has 0 unspecified atom stereocenters. The van der Waals surface area contributed by atoms with Gasteiger partial charge in [-0.3, -0.25) is 4.99 Å². The molecule has 2 N–H and O–H groups in total. The Bertz CT molecular complexity index is 605. The summed E-state index contributed by atoms with van der Waals surface area (Å²) >= 11 is 3.55. The van der Waals surface area contributed by atoms with Gasteiger partial charge in [0.2, 0.25) is 0 Å². The fraction of sp³-hybridized carbons (Fsp3) is 0.500.